The third-order valence-corrected chi connectivity index (χ3v) is 3.22. The number of nitrogens with zero attached hydrogens (tertiary/aromatic N) is 4. The number of hydrogen-bond donors (Lipinski definition) is 0. The van der Waals surface area contributed by atoms with Gasteiger partial charge in [0.1, 0.15) is 11.4 Å². The first-order chi connectivity index (χ1) is 11.5. The van der Waals surface area contributed by atoms with Gasteiger partial charge in [0.05, 0.1) is 6.54 Å². The van der Waals surface area contributed by atoms with E-state index in [0.717, 1.165) is 11.6 Å². The summed E-state index contributed by atoms with van der Waals surface area (Å²) in [5, 5.41) is 8.81. The molecule has 0 aliphatic carbocycles. The lowest BCUT2D eigenvalue weighted by Gasteiger charge is -2.07. The van der Waals surface area contributed by atoms with E-state index in [1.807, 2.05) is 37.3 Å². The number of hydrogen-bond acceptors (Lipinski definition) is 4. The van der Waals surface area contributed by atoms with E-state index in [-0.39, 0.29) is 0 Å². The first-order valence-corrected chi connectivity index (χ1v) is 7.19. The fourth-order valence-electron chi connectivity index (χ4n) is 2.17. The molecule has 5 nitrogen and oxygen atoms in total. The van der Waals surface area contributed by atoms with E-state index in [4.69, 9.17) is 0 Å². The molecule has 124 valence electrons. The quantitative estimate of drug-likeness (QED) is 0.725. The smallest absolute Gasteiger partial charge is 0.388 e. The lowest BCUT2D eigenvalue weighted by Crippen LogP contribution is -2.17. The molecule has 0 aliphatic heterocycles. The Morgan fingerprint density at radius 3 is 2.17 bits per heavy atom. The van der Waals surface area contributed by atoms with Crippen LogP contribution in [0.1, 0.15) is 6.92 Å². The highest BCUT2D eigenvalue weighted by molar-refractivity contribution is 5.77. The van der Waals surface area contributed by atoms with E-state index in [1.54, 1.807) is 0 Å². The zero-order valence-electron chi connectivity index (χ0n) is 12.7. The molecule has 2 heterocycles. The van der Waals surface area contributed by atoms with Gasteiger partial charge in [0, 0.05) is 23.4 Å². The van der Waals surface area contributed by atoms with Crippen LogP contribution in [0.3, 0.4) is 0 Å². The maximum absolute atomic E-state index is 12.2. The SMILES string of the molecule is CCn1nc(-c2ccccc2)c(-c2ccc(OC(F)(F)F)nc2)n1. The minimum atomic E-state index is -4.77. The van der Waals surface area contributed by atoms with Crippen molar-refractivity contribution in [2.75, 3.05) is 0 Å². The van der Waals surface area contributed by atoms with E-state index in [2.05, 4.69) is 19.9 Å². The normalized spacial score (nSPS) is 11.5. The fourth-order valence-corrected chi connectivity index (χ4v) is 2.17. The molecule has 2 aromatic heterocycles. The molecule has 8 heteroatoms. The van der Waals surface area contributed by atoms with Gasteiger partial charge in [-0.1, -0.05) is 30.3 Å². The molecule has 0 saturated heterocycles. The molecule has 1 aromatic carbocycles. The lowest BCUT2D eigenvalue weighted by atomic mass is 10.1. The van der Waals surface area contributed by atoms with Gasteiger partial charge in [-0.2, -0.15) is 15.0 Å². The van der Waals surface area contributed by atoms with E-state index in [1.165, 1.54) is 17.1 Å². The standard InChI is InChI=1S/C16H13F3N4O/c1-2-23-21-14(11-6-4-3-5-7-11)15(22-23)12-8-9-13(20-10-12)24-16(17,18)19/h3-10H,2H2,1H3. The van der Waals surface area contributed by atoms with Gasteiger partial charge < -0.3 is 4.74 Å². The number of halogens is 3. The Labute approximate surface area is 135 Å². The van der Waals surface area contributed by atoms with Crippen molar-refractivity contribution >= 4 is 0 Å². The van der Waals surface area contributed by atoms with Gasteiger partial charge in [0.25, 0.3) is 0 Å². The van der Waals surface area contributed by atoms with Gasteiger partial charge in [-0.25, -0.2) is 4.98 Å². The number of rotatable bonds is 4. The molecule has 3 rings (SSSR count). The molecule has 0 N–H and O–H groups in total. The second-order valence-electron chi connectivity index (χ2n) is 4.88. The van der Waals surface area contributed by atoms with Crippen molar-refractivity contribution in [1.82, 2.24) is 20.0 Å². The van der Waals surface area contributed by atoms with Gasteiger partial charge in [-0.15, -0.1) is 13.2 Å². The zero-order valence-corrected chi connectivity index (χ0v) is 12.7. The summed E-state index contributed by atoms with van der Waals surface area (Å²) in [6.45, 7) is 2.47. The molecular weight excluding hydrogens is 321 g/mol. The molecule has 0 atom stereocenters. The molecule has 0 amide bonds. The third kappa shape index (κ3) is 3.53. The molecule has 3 aromatic rings. The lowest BCUT2D eigenvalue weighted by molar-refractivity contribution is -0.276. The molecule has 0 spiro atoms. The third-order valence-electron chi connectivity index (χ3n) is 3.22. The Kier molecular flexibility index (Phi) is 4.20. The molecule has 0 fully saturated rings. The average Bonchev–Trinajstić information content (AvgIpc) is 2.99. The van der Waals surface area contributed by atoms with Crippen LogP contribution in [0.25, 0.3) is 22.5 Å². The Morgan fingerprint density at radius 2 is 1.62 bits per heavy atom. The van der Waals surface area contributed by atoms with Crippen LogP contribution in [0.2, 0.25) is 0 Å². The predicted molar refractivity (Wildman–Crippen MR) is 81.0 cm³/mol. The summed E-state index contributed by atoms with van der Waals surface area (Å²) in [7, 11) is 0. The largest absolute Gasteiger partial charge is 0.574 e. The maximum atomic E-state index is 12.2. The molecule has 0 unspecified atom stereocenters. The van der Waals surface area contributed by atoms with Crippen LogP contribution in [0.5, 0.6) is 5.88 Å². The number of alkyl halides is 3. The van der Waals surface area contributed by atoms with Gasteiger partial charge in [0.15, 0.2) is 0 Å². The molecule has 0 radical (unpaired) electrons. The van der Waals surface area contributed by atoms with Crippen molar-refractivity contribution in [3.05, 3.63) is 48.7 Å². The van der Waals surface area contributed by atoms with Gasteiger partial charge >= 0.3 is 6.36 Å². The molecular formula is C16H13F3N4O. The summed E-state index contributed by atoms with van der Waals surface area (Å²) in [5.74, 6) is -0.518. The summed E-state index contributed by atoms with van der Waals surface area (Å²) < 4.78 is 40.4. The first kappa shape index (κ1) is 16.0. The van der Waals surface area contributed by atoms with Crippen molar-refractivity contribution < 1.29 is 17.9 Å². The van der Waals surface area contributed by atoms with Crippen molar-refractivity contribution in [2.24, 2.45) is 0 Å². The van der Waals surface area contributed by atoms with Gasteiger partial charge in [-0.05, 0) is 13.0 Å². The van der Waals surface area contributed by atoms with Crippen molar-refractivity contribution in [3.8, 4) is 28.4 Å². The number of aryl methyl sites for hydroxylation is 1. The van der Waals surface area contributed by atoms with Crippen LogP contribution < -0.4 is 4.74 Å². The highest BCUT2D eigenvalue weighted by atomic mass is 19.4. The van der Waals surface area contributed by atoms with Crippen LogP contribution in [0, 0.1) is 0 Å². The van der Waals surface area contributed by atoms with Gasteiger partial charge in [-0.3, -0.25) is 0 Å². The number of ether oxygens (including phenoxy) is 1. The zero-order chi connectivity index (χ0) is 17.2. The summed E-state index contributed by atoms with van der Waals surface area (Å²) in [6.07, 6.45) is -3.48. The first-order valence-electron chi connectivity index (χ1n) is 7.19. The summed E-state index contributed by atoms with van der Waals surface area (Å²) in [6, 6.07) is 12.1. The van der Waals surface area contributed by atoms with Crippen LogP contribution in [-0.2, 0) is 6.54 Å². The van der Waals surface area contributed by atoms with E-state index in [9.17, 15) is 13.2 Å². The monoisotopic (exact) mass is 334 g/mol. The second kappa shape index (κ2) is 6.31. The van der Waals surface area contributed by atoms with Crippen molar-refractivity contribution in [1.29, 1.82) is 0 Å². The van der Waals surface area contributed by atoms with Crippen LogP contribution in [0.15, 0.2) is 48.7 Å². The summed E-state index contributed by atoms with van der Waals surface area (Å²) in [5.41, 5.74) is 2.61. The highest BCUT2D eigenvalue weighted by Gasteiger charge is 2.31. The van der Waals surface area contributed by atoms with Crippen molar-refractivity contribution in [3.63, 3.8) is 0 Å². The predicted octanol–water partition coefficient (Wildman–Crippen LogP) is 3.93. The Bertz CT molecular complexity index is 814. The fraction of sp³-hybridized carbons (Fsp3) is 0.188. The Balaban J connectivity index is 1.98. The van der Waals surface area contributed by atoms with Crippen molar-refractivity contribution in [2.45, 2.75) is 19.8 Å². The van der Waals surface area contributed by atoms with Crippen LogP contribution in [-0.4, -0.2) is 26.3 Å². The van der Waals surface area contributed by atoms with E-state index >= 15 is 0 Å². The molecule has 0 saturated carbocycles. The topological polar surface area (TPSA) is 52.8 Å². The highest BCUT2D eigenvalue weighted by Crippen LogP contribution is 2.30. The number of benzene rings is 1. The number of aromatic nitrogens is 4. The average molecular weight is 334 g/mol. The molecule has 0 bridgehead atoms. The Hall–Kier alpha value is -2.90. The Morgan fingerprint density at radius 1 is 0.958 bits per heavy atom. The maximum Gasteiger partial charge on any atom is 0.574 e. The van der Waals surface area contributed by atoms with Crippen LogP contribution >= 0.6 is 0 Å². The summed E-state index contributed by atoms with van der Waals surface area (Å²) in [4.78, 5) is 5.22. The molecule has 24 heavy (non-hydrogen) atoms. The minimum absolute atomic E-state index is 0.518. The van der Waals surface area contributed by atoms with E-state index < -0.39 is 12.2 Å². The van der Waals surface area contributed by atoms with Crippen LogP contribution in [0.4, 0.5) is 13.2 Å². The van der Waals surface area contributed by atoms with Gasteiger partial charge in [0.2, 0.25) is 5.88 Å². The summed E-state index contributed by atoms with van der Waals surface area (Å²) >= 11 is 0. The number of pyridine rings is 1. The molecule has 0 aliphatic rings. The second-order valence-corrected chi connectivity index (χ2v) is 4.88. The minimum Gasteiger partial charge on any atom is -0.388 e. The van der Waals surface area contributed by atoms with E-state index in [0.29, 0.717) is 23.5 Å².